The number of amides is 2. The van der Waals surface area contributed by atoms with Crippen molar-refractivity contribution in [1.82, 2.24) is 10.2 Å². The second-order valence-corrected chi connectivity index (χ2v) is 6.58. The maximum Gasteiger partial charge on any atom is 0.253 e. The van der Waals surface area contributed by atoms with Gasteiger partial charge in [0.15, 0.2) is 11.7 Å². The number of hydrogen-bond donors (Lipinski definition) is 1. The third-order valence-corrected chi connectivity index (χ3v) is 4.24. The number of piperidine rings is 1. The Labute approximate surface area is 147 Å². The number of rotatable bonds is 5. The lowest BCUT2D eigenvalue weighted by Crippen LogP contribution is -2.46. The first-order valence-electron chi connectivity index (χ1n) is 8.52. The van der Waals surface area contributed by atoms with Crippen LogP contribution in [-0.4, -0.2) is 41.6 Å². The van der Waals surface area contributed by atoms with E-state index >= 15 is 0 Å². The average Bonchev–Trinajstić information content (AvgIpc) is 2.62. The summed E-state index contributed by atoms with van der Waals surface area (Å²) in [5.74, 6) is -2.89. The SMILES string of the molecule is CC(C)NC(=O)[C@H](C#N)C(=O)[C@@H]1CCCN(C(=O)c2ccccc2)C1. The minimum absolute atomic E-state index is 0.127. The molecule has 1 aliphatic rings. The molecular formula is C19H23N3O3. The fraction of sp³-hybridized carbons (Fsp3) is 0.474. The summed E-state index contributed by atoms with van der Waals surface area (Å²) in [7, 11) is 0. The average molecular weight is 341 g/mol. The van der Waals surface area contributed by atoms with Gasteiger partial charge in [-0.2, -0.15) is 5.26 Å². The summed E-state index contributed by atoms with van der Waals surface area (Å²) < 4.78 is 0. The molecule has 6 heteroatoms. The molecule has 1 heterocycles. The van der Waals surface area contributed by atoms with Gasteiger partial charge in [0.05, 0.1) is 6.07 Å². The Morgan fingerprint density at radius 3 is 2.52 bits per heavy atom. The van der Waals surface area contributed by atoms with E-state index in [4.69, 9.17) is 0 Å². The molecule has 1 N–H and O–H groups in total. The third-order valence-electron chi connectivity index (χ3n) is 4.24. The third kappa shape index (κ3) is 4.66. The normalized spacial score (nSPS) is 18.3. The van der Waals surface area contributed by atoms with Crippen molar-refractivity contribution in [2.24, 2.45) is 11.8 Å². The molecule has 1 aliphatic heterocycles. The number of ketones is 1. The highest BCUT2D eigenvalue weighted by Gasteiger charge is 2.36. The zero-order valence-corrected chi connectivity index (χ0v) is 14.6. The minimum atomic E-state index is -1.32. The predicted octanol–water partition coefficient (Wildman–Crippen LogP) is 1.77. The van der Waals surface area contributed by atoms with E-state index in [9.17, 15) is 19.6 Å². The maximum absolute atomic E-state index is 12.6. The van der Waals surface area contributed by atoms with Crippen molar-refractivity contribution in [3.05, 3.63) is 35.9 Å². The molecule has 2 rings (SSSR count). The van der Waals surface area contributed by atoms with Crippen molar-refractivity contribution in [3.63, 3.8) is 0 Å². The van der Waals surface area contributed by atoms with Crippen LogP contribution in [0.5, 0.6) is 0 Å². The van der Waals surface area contributed by atoms with E-state index < -0.39 is 23.5 Å². The zero-order valence-electron chi connectivity index (χ0n) is 14.6. The van der Waals surface area contributed by atoms with E-state index in [1.807, 2.05) is 12.1 Å². The van der Waals surface area contributed by atoms with E-state index in [0.29, 0.717) is 24.9 Å². The molecule has 1 aromatic carbocycles. The van der Waals surface area contributed by atoms with E-state index in [-0.39, 0.29) is 18.5 Å². The number of benzene rings is 1. The highest BCUT2D eigenvalue weighted by Crippen LogP contribution is 2.22. The summed E-state index contributed by atoms with van der Waals surface area (Å²) >= 11 is 0. The molecule has 0 bridgehead atoms. The molecule has 1 fully saturated rings. The monoisotopic (exact) mass is 341 g/mol. The Bertz CT molecular complexity index is 679. The number of hydrogen-bond acceptors (Lipinski definition) is 4. The van der Waals surface area contributed by atoms with Gasteiger partial charge in [-0.1, -0.05) is 18.2 Å². The quantitative estimate of drug-likeness (QED) is 0.827. The van der Waals surface area contributed by atoms with Crippen molar-refractivity contribution in [2.75, 3.05) is 13.1 Å². The number of carbonyl (C=O) groups excluding carboxylic acids is 3. The van der Waals surface area contributed by atoms with Gasteiger partial charge in [-0.15, -0.1) is 0 Å². The fourth-order valence-corrected chi connectivity index (χ4v) is 3.01. The predicted molar refractivity (Wildman–Crippen MR) is 92.5 cm³/mol. The molecule has 0 saturated carbocycles. The summed E-state index contributed by atoms with van der Waals surface area (Å²) in [6.45, 7) is 4.38. The summed E-state index contributed by atoms with van der Waals surface area (Å²) in [6.07, 6.45) is 1.27. The number of nitriles is 1. The van der Waals surface area contributed by atoms with Crippen molar-refractivity contribution in [1.29, 1.82) is 5.26 Å². The Balaban J connectivity index is 2.07. The Morgan fingerprint density at radius 1 is 1.24 bits per heavy atom. The highest BCUT2D eigenvalue weighted by molar-refractivity contribution is 6.05. The van der Waals surface area contributed by atoms with Crippen LogP contribution in [0.25, 0.3) is 0 Å². The van der Waals surface area contributed by atoms with Crippen LogP contribution in [0, 0.1) is 23.2 Å². The van der Waals surface area contributed by atoms with E-state index in [1.54, 1.807) is 43.0 Å². The maximum atomic E-state index is 12.6. The van der Waals surface area contributed by atoms with Crippen LogP contribution < -0.4 is 5.32 Å². The molecule has 1 aromatic rings. The minimum Gasteiger partial charge on any atom is -0.352 e. The molecule has 6 nitrogen and oxygen atoms in total. The largest absolute Gasteiger partial charge is 0.352 e. The summed E-state index contributed by atoms with van der Waals surface area (Å²) in [4.78, 5) is 38.9. The van der Waals surface area contributed by atoms with Gasteiger partial charge in [0, 0.05) is 30.6 Å². The second kappa shape index (κ2) is 8.43. The van der Waals surface area contributed by atoms with Crippen molar-refractivity contribution in [2.45, 2.75) is 32.7 Å². The van der Waals surface area contributed by atoms with E-state index in [2.05, 4.69) is 5.32 Å². The molecule has 0 radical (unpaired) electrons. The van der Waals surface area contributed by atoms with E-state index in [0.717, 1.165) is 0 Å². The Kier molecular flexibility index (Phi) is 6.29. The second-order valence-electron chi connectivity index (χ2n) is 6.58. The van der Waals surface area contributed by atoms with Gasteiger partial charge in [0.2, 0.25) is 5.91 Å². The molecule has 1 saturated heterocycles. The molecule has 2 amide bonds. The number of carbonyl (C=O) groups is 3. The number of likely N-dealkylation sites (tertiary alicyclic amines) is 1. The van der Waals surface area contributed by atoms with Crippen LogP contribution >= 0.6 is 0 Å². The molecule has 25 heavy (non-hydrogen) atoms. The smallest absolute Gasteiger partial charge is 0.253 e. The van der Waals surface area contributed by atoms with Crippen LogP contribution in [-0.2, 0) is 9.59 Å². The molecule has 0 aromatic heterocycles. The van der Waals surface area contributed by atoms with Crippen molar-refractivity contribution < 1.29 is 14.4 Å². The summed E-state index contributed by atoms with van der Waals surface area (Å²) in [6, 6.07) is 10.6. The van der Waals surface area contributed by atoms with Gasteiger partial charge >= 0.3 is 0 Å². The van der Waals surface area contributed by atoms with Gasteiger partial charge in [-0.3, -0.25) is 14.4 Å². The number of nitrogens with zero attached hydrogens (tertiary/aromatic N) is 2. The molecular weight excluding hydrogens is 318 g/mol. The van der Waals surface area contributed by atoms with Gasteiger partial charge < -0.3 is 10.2 Å². The number of Topliss-reactive ketones (excluding diaryl/α,β-unsaturated/α-hetero) is 1. The molecule has 0 aliphatic carbocycles. The standard InChI is InChI=1S/C19H23N3O3/c1-13(2)21-18(24)16(11-20)17(23)15-9-6-10-22(12-15)19(25)14-7-4-3-5-8-14/h3-5,7-8,13,15-16H,6,9-10,12H2,1-2H3,(H,21,24)/t15-,16-/m1/s1. The highest BCUT2D eigenvalue weighted by atomic mass is 16.2. The van der Waals surface area contributed by atoms with E-state index in [1.165, 1.54) is 0 Å². The topological polar surface area (TPSA) is 90.3 Å². The van der Waals surface area contributed by atoms with Gasteiger partial charge in [0.25, 0.3) is 5.91 Å². The molecule has 0 spiro atoms. The first-order chi connectivity index (χ1) is 11.9. The van der Waals surface area contributed by atoms with Gasteiger partial charge in [-0.25, -0.2) is 0 Å². The molecule has 132 valence electrons. The molecule has 0 unspecified atom stereocenters. The summed E-state index contributed by atoms with van der Waals surface area (Å²) in [5, 5.41) is 11.9. The van der Waals surface area contributed by atoms with Gasteiger partial charge in [0.1, 0.15) is 0 Å². The first-order valence-corrected chi connectivity index (χ1v) is 8.52. The number of nitrogens with one attached hydrogen (secondary N) is 1. The lowest BCUT2D eigenvalue weighted by Gasteiger charge is -2.32. The Morgan fingerprint density at radius 2 is 1.92 bits per heavy atom. The summed E-state index contributed by atoms with van der Waals surface area (Å²) in [5.41, 5.74) is 0.574. The van der Waals surface area contributed by atoms with Crippen molar-refractivity contribution >= 4 is 17.6 Å². The van der Waals surface area contributed by atoms with Gasteiger partial charge in [-0.05, 0) is 38.8 Å². The van der Waals surface area contributed by atoms with Crippen LogP contribution in [0.3, 0.4) is 0 Å². The van der Waals surface area contributed by atoms with Crippen LogP contribution in [0.15, 0.2) is 30.3 Å². The van der Waals surface area contributed by atoms with Crippen LogP contribution in [0.1, 0.15) is 37.0 Å². The first kappa shape index (κ1) is 18.7. The zero-order chi connectivity index (χ0) is 18.4. The van der Waals surface area contributed by atoms with Crippen LogP contribution in [0.4, 0.5) is 0 Å². The van der Waals surface area contributed by atoms with Crippen LogP contribution in [0.2, 0.25) is 0 Å². The lowest BCUT2D eigenvalue weighted by molar-refractivity contribution is -0.134. The Hall–Kier alpha value is -2.68. The lowest BCUT2D eigenvalue weighted by atomic mass is 9.86. The fourth-order valence-electron chi connectivity index (χ4n) is 3.01. The van der Waals surface area contributed by atoms with Crippen molar-refractivity contribution in [3.8, 4) is 6.07 Å². The molecule has 2 atom stereocenters.